The second-order valence-corrected chi connectivity index (χ2v) is 7.27. The molecule has 1 aliphatic rings. The number of hydrogen-bond donors (Lipinski definition) is 3. The molecule has 20 heavy (non-hydrogen) atoms. The smallest absolute Gasteiger partial charge is 0.260 e. The van der Waals surface area contributed by atoms with Gasteiger partial charge in [-0.3, -0.25) is 5.10 Å². The fourth-order valence-corrected chi connectivity index (χ4v) is 3.67. The van der Waals surface area contributed by atoms with Crippen molar-refractivity contribution >= 4 is 10.0 Å². The van der Waals surface area contributed by atoms with Crippen LogP contribution in [0.4, 0.5) is 0 Å². The number of nitrogens with two attached hydrogens (primary N) is 1. The fraction of sp³-hybridized carbons (Fsp3) is 0.750. The number of hydrogen-bond acceptors (Lipinski definition) is 5. The number of rotatable bonds is 5. The molecule has 8 heteroatoms. The first-order valence-electron chi connectivity index (χ1n) is 6.69. The molecule has 1 aromatic heterocycles. The summed E-state index contributed by atoms with van der Waals surface area (Å²) in [5.74, 6) is 0. The van der Waals surface area contributed by atoms with Gasteiger partial charge in [0.15, 0.2) is 5.03 Å². The average Bonchev–Trinajstić information content (AvgIpc) is 2.79. The molecule has 0 spiro atoms. The SMILES string of the molecule is Cc1[nH]nc(S(=O)(=O)NCC2(C)CCOCC2)c1CN. The molecule has 0 atom stereocenters. The van der Waals surface area contributed by atoms with Gasteiger partial charge in [-0.15, -0.1) is 0 Å². The summed E-state index contributed by atoms with van der Waals surface area (Å²) in [5.41, 5.74) is 6.74. The molecule has 4 N–H and O–H groups in total. The highest BCUT2D eigenvalue weighted by Crippen LogP contribution is 2.29. The zero-order valence-corrected chi connectivity index (χ0v) is 12.7. The lowest BCUT2D eigenvalue weighted by atomic mass is 9.83. The van der Waals surface area contributed by atoms with E-state index in [1.165, 1.54) is 0 Å². The molecule has 1 aliphatic heterocycles. The molecular weight excluding hydrogens is 280 g/mol. The molecule has 0 unspecified atom stereocenters. The Morgan fingerprint density at radius 2 is 2.10 bits per heavy atom. The fourth-order valence-electron chi connectivity index (χ4n) is 2.27. The van der Waals surface area contributed by atoms with E-state index >= 15 is 0 Å². The molecule has 0 radical (unpaired) electrons. The molecule has 2 heterocycles. The third-order valence-corrected chi connectivity index (χ3v) is 5.25. The van der Waals surface area contributed by atoms with Crippen molar-refractivity contribution in [1.82, 2.24) is 14.9 Å². The van der Waals surface area contributed by atoms with E-state index in [9.17, 15) is 8.42 Å². The number of H-pyrrole nitrogens is 1. The first-order chi connectivity index (χ1) is 9.38. The minimum Gasteiger partial charge on any atom is -0.381 e. The summed E-state index contributed by atoms with van der Waals surface area (Å²) in [6, 6.07) is 0. The van der Waals surface area contributed by atoms with Crippen LogP contribution < -0.4 is 10.5 Å². The van der Waals surface area contributed by atoms with E-state index in [0.29, 0.717) is 31.0 Å². The van der Waals surface area contributed by atoms with E-state index in [1.807, 2.05) is 0 Å². The second kappa shape index (κ2) is 5.80. The monoisotopic (exact) mass is 302 g/mol. The van der Waals surface area contributed by atoms with Crippen LogP contribution in [0.1, 0.15) is 31.0 Å². The zero-order chi connectivity index (χ0) is 14.8. The number of aromatic amines is 1. The normalized spacial score (nSPS) is 19.1. The van der Waals surface area contributed by atoms with Crippen LogP contribution in [0.3, 0.4) is 0 Å². The third kappa shape index (κ3) is 3.20. The molecule has 114 valence electrons. The van der Waals surface area contributed by atoms with Crippen LogP contribution in [0.5, 0.6) is 0 Å². The van der Waals surface area contributed by atoms with E-state index in [1.54, 1.807) is 6.92 Å². The molecule has 0 aromatic carbocycles. The van der Waals surface area contributed by atoms with Gasteiger partial charge < -0.3 is 10.5 Å². The van der Waals surface area contributed by atoms with Crippen molar-refractivity contribution in [2.75, 3.05) is 19.8 Å². The molecule has 0 bridgehead atoms. The largest absolute Gasteiger partial charge is 0.381 e. The van der Waals surface area contributed by atoms with Gasteiger partial charge in [0.05, 0.1) is 0 Å². The van der Waals surface area contributed by atoms with Gasteiger partial charge in [-0.25, -0.2) is 13.1 Å². The standard InChI is InChI=1S/C12H22N4O3S/c1-9-10(7-13)11(16-15-9)20(17,18)14-8-12(2)3-5-19-6-4-12/h14H,3-8,13H2,1-2H3,(H,15,16). The van der Waals surface area contributed by atoms with Gasteiger partial charge in [-0.05, 0) is 25.2 Å². The second-order valence-electron chi connectivity index (χ2n) is 5.58. The van der Waals surface area contributed by atoms with E-state index in [0.717, 1.165) is 12.8 Å². The predicted octanol–water partition coefficient (Wildman–Crippen LogP) is 0.272. The van der Waals surface area contributed by atoms with Crippen LogP contribution in [-0.4, -0.2) is 38.4 Å². The van der Waals surface area contributed by atoms with Gasteiger partial charge in [0.2, 0.25) is 0 Å². The summed E-state index contributed by atoms with van der Waals surface area (Å²) >= 11 is 0. The molecule has 0 aliphatic carbocycles. The molecule has 0 saturated carbocycles. The number of nitrogens with one attached hydrogen (secondary N) is 2. The lowest BCUT2D eigenvalue weighted by Gasteiger charge is -2.33. The van der Waals surface area contributed by atoms with Crippen molar-refractivity contribution in [3.05, 3.63) is 11.3 Å². The Morgan fingerprint density at radius 1 is 1.45 bits per heavy atom. The Labute approximate surface area is 119 Å². The summed E-state index contributed by atoms with van der Waals surface area (Å²) in [6.07, 6.45) is 1.69. The number of sulfonamides is 1. The Hall–Kier alpha value is -0.960. The van der Waals surface area contributed by atoms with Gasteiger partial charge in [-0.1, -0.05) is 6.92 Å². The van der Waals surface area contributed by atoms with Gasteiger partial charge in [0.25, 0.3) is 10.0 Å². The molecule has 7 nitrogen and oxygen atoms in total. The van der Waals surface area contributed by atoms with Gasteiger partial charge in [-0.2, -0.15) is 5.10 Å². The van der Waals surface area contributed by atoms with E-state index < -0.39 is 10.0 Å². The summed E-state index contributed by atoms with van der Waals surface area (Å²) in [6.45, 7) is 5.70. The van der Waals surface area contributed by atoms with Crippen LogP contribution in [-0.2, 0) is 21.3 Å². The Balaban J connectivity index is 2.11. The maximum Gasteiger partial charge on any atom is 0.260 e. The third-order valence-electron chi connectivity index (χ3n) is 3.88. The van der Waals surface area contributed by atoms with Crippen LogP contribution in [0.15, 0.2) is 5.03 Å². The number of aromatic nitrogens is 2. The van der Waals surface area contributed by atoms with Crippen molar-refractivity contribution in [3.8, 4) is 0 Å². The first-order valence-corrected chi connectivity index (χ1v) is 8.18. The Bertz CT molecular complexity index is 561. The van der Waals surface area contributed by atoms with Crippen molar-refractivity contribution in [2.45, 2.75) is 38.3 Å². The van der Waals surface area contributed by atoms with Crippen molar-refractivity contribution in [1.29, 1.82) is 0 Å². The number of aryl methyl sites for hydroxylation is 1. The van der Waals surface area contributed by atoms with E-state index in [-0.39, 0.29) is 17.0 Å². The lowest BCUT2D eigenvalue weighted by Crippen LogP contribution is -2.39. The predicted molar refractivity (Wildman–Crippen MR) is 74.6 cm³/mol. The molecular formula is C12H22N4O3S. The number of ether oxygens (including phenoxy) is 1. The Morgan fingerprint density at radius 3 is 2.70 bits per heavy atom. The highest BCUT2D eigenvalue weighted by Gasteiger charge is 2.31. The summed E-state index contributed by atoms with van der Waals surface area (Å²) < 4.78 is 32.6. The van der Waals surface area contributed by atoms with Crippen molar-refractivity contribution in [2.24, 2.45) is 11.1 Å². The van der Waals surface area contributed by atoms with Crippen LogP contribution in [0, 0.1) is 12.3 Å². The maximum absolute atomic E-state index is 12.3. The zero-order valence-electron chi connectivity index (χ0n) is 11.9. The summed E-state index contributed by atoms with van der Waals surface area (Å²) in [4.78, 5) is 0. The number of nitrogens with zero attached hydrogens (tertiary/aromatic N) is 1. The van der Waals surface area contributed by atoms with Gasteiger partial charge >= 0.3 is 0 Å². The highest BCUT2D eigenvalue weighted by molar-refractivity contribution is 7.89. The quantitative estimate of drug-likeness (QED) is 0.723. The maximum atomic E-state index is 12.3. The summed E-state index contributed by atoms with van der Waals surface area (Å²) in [7, 11) is -3.63. The van der Waals surface area contributed by atoms with Gasteiger partial charge in [0.1, 0.15) is 0 Å². The molecule has 1 fully saturated rings. The van der Waals surface area contributed by atoms with E-state index in [2.05, 4.69) is 21.8 Å². The van der Waals surface area contributed by atoms with Crippen LogP contribution in [0.2, 0.25) is 0 Å². The molecule has 0 amide bonds. The van der Waals surface area contributed by atoms with Crippen molar-refractivity contribution in [3.63, 3.8) is 0 Å². The Kier molecular flexibility index (Phi) is 4.48. The minimum absolute atomic E-state index is 0.00756. The van der Waals surface area contributed by atoms with E-state index in [4.69, 9.17) is 10.5 Å². The minimum atomic E-state index is -3.63. The lowest BCUT2D eigenvalue weighted by molar-refractivity contribution is 0.0264. The average molecular weight is 302 g/mol. The first kappa shape index (κ1) is 15.4. The van der Waals surface area contributed by atoms with Crippen LogP contribution in [0.25, 0.3) is 0 Å². The molecule has 2 rings (SSSR count). The van der Waals surface area contributed by atoms with Crippen LogP contribution >= 0.6 is 0 Å². The van der Waals surface area contributed by atoms with Crippen molar-refractivity contribution < 1.29 is 13.2 Å². The van der Waals surface area contributed by atoms with Gasteiger partial charge in [0, 0.05) is 37.6 Å². The molecule has 1 aromatic rings. The topological polar surface area (TPSA) is 110 Å². The highest BCUT2D eigenvalue weighted by atomic mass is 32.2. The molecule has 1 saturated heterocycles. The summed E-state index contributed by atoms with van der Waals surface area (Å²) in [5, 5.41) is 6.54.